The number of aromatic nitrogens is 3. The summed E-state index contributed by atoms with van der Waals surface area (Å²) in [5.74, 6) is 0.641. The molecule has 34 heavy (non-hydrogen) atoms. The molecular weight excluding hydrogens is 428 g/mol. The third kappa shape index (κ3) is 4.08. The number of carbonyl (C=O) groups is 1. The average Bonchev–Trinajstić information content (AvgIpc) is 3.50. The van der Waals surface area contributed by atoms with Crippen LogP contribution in [0.2, 0.25) is 0 Å². The molecule has 4 aromatic rings. The predicted octanol–water partition coefficient (Wildman–Crippen LogP) is 3.85. The maximum absolute atomic E-state index is 12.8. The number of aromatic amines is 1. The Bertz CT molecular complexity index is 1380. The molecule has 1 atom stereocenters. The molecule has 0 aliphatic carbocycles. The summed E-state index contributed by atoms with van der Waals surface area (Å²) in [6, 6.07) is 15.4. The van der Waals surface area contributed by atoms with Crippen molar-refractivity contribution in [1.82, 2.24) is 20.1 Å². The number of piperidine rings is 1. The van der Waals surface area contributed by atoms with Gasteiger partial charge in [-0.25, -0.2) is 0 Å². The molecule has 0 unspecified atom stereocenters. The largest absolute Gasteiger partial charge is 0.497 e. The van der Waals surface area contributed by atoms with E-state index >= 15 is 0 Å². The van der Waals surface area contributed by atoms with Gasteiger partial charge < -0.3 is 19.9 Å². The average molecular weight is 455 g/mol. The number of aryl methyl sites for hydroxylation is 1. The fourth-order valence-corrected chi connectivity index (χ4v) is 4.61. The molecule has 0 saturated carbocycles. The van der Waals surface area contributed by atoms with Gasteiger partial charge in [-0.05, 0) is 55.3 Å². The van der Waals surface area contributed by atoms with Crippen LogP contribution in [0.5, 0.6) is 5.75 Å². The van der Waals surface area contributed by atoms with E-state index in [2.05, 4.69) is 32.4 Å². The molecule has 0 bridgehead atoms. The van der Waals surface area contributed by atoms with E-state index in [0.717, 1.165) is 53.0 Å². The lowest BCUT2D eigenvalue weighted by Crippen LogP contribution is -2.47. The van der Waals surface area contributed by atoms with Crippen molar-refractivity contribution in [3.8, 4) is 23.1 Å². The van der Waals surface area contributed by atoms with Crippen molar-refractivity contribution in [3.63, 3.8) is 0 Å². The van der Waals surface area contributed by atoms with Crippen molar-refractivity contribution in [3.05, 3.63) is 66.0 Å². The van der Waals surface area contributed by atoms with Gasteiger partial charge in [-0.1, -0.05) is 0 Å². The van der Waals surface area contributed by atoms with Crippen molar-refractivity contribution >= 4 is 22.5 Å². The van der Waals surface area contributed by atoms with E-state index < -0.39 is 0 Å². The summed E-state index contributed by atoms with van der Waals surface area (Å²) in [5, 5.41) is 18.1. The SMILES string of the molecule is COc1ccc(C(=O)N[C@@H]2CCCN(c3ccc(C#N)c4[nH]c(-c5cnn(C)c5)cc34)C2)cc1. The number of ether oxygens (including phenoxy) is 1. The zero-order valence-electron chi connectivity index (χ0n) is 19.2. The lowest BCUT2D eigenvalue weighted by molar-refractivity contribution is 0.0933. The molecule has 1 aliphatic rings. The van der Waals surface area contributed by atoms with Crippen LogP contribution in [-0.4, -0.2) is 46.9 Å². The van der Waals surface area contributed by atoms with Gasteiger partial charge in [0.2, 0.25) is 0 Å². The summed E-state index contributed by atoms with van der Waals surface area (Å²) in [6.45, 7) is 1.60. The number of fused-ring (bicyclic) bond motifs is 1. The molecule has 8 heteroatoms. The number of rotatable bonds is 5. The van der Waals surface area contributed by atoms with E-state index in [9.17, 15) is 10.1 Å². The minimum absolute atomic E-state index is 0.0331. The highest BCUT2D eigenvalue weighted by molar-refractivity contribution is 5.99. The van der Waals surface area contributed by atoms with Crippen LogP contribution in [0, 0.1) is 11.3 Å². The molecule has 2 N–H and O–H groups in total. The zero-order chi connectivity index (χ0) is 23.7. The molecule has 1 saturated heterocycles. The lowest BCUT2D eigenvalue weighted by Gasteiger charge is -2.35. The van der Waals surface area contributed by atoms with Gasteiger partial charge in [-0.15, -0.1) is 0 Å². The van der Waals surface area contributed by atoms with E-state index in [0.29, 0.717) is 17.7 Å². The number of nitrogens with one attached hydrogen (secondary N) is 2. The van der Waals surface area contributed by atoms with Crippen LogP contribution in [0.15, 0.2) is 54.9 Å². The van der Waals surface area contributed by atoms with Gasteiger partial charge in [0.15, 0.2) is 0 Å². The van der Waals surface area contributed by atoms with Crippen LogP contribution in [0.3, 0.4) is 0 Å². The number of nitriles is 1. The first-order valence-electron chi connectivity index (χ1n) is 11.3. The van der Waals surface area contributed by atoms with E-state index in [1.54, 1.807) is 36.1 Å². The van der Waals surface area contributed by atoms with Gasteiger partial charge in [-0.2, -0.15) is 10.4 Å². The minimum atomic E-state index is -0.0833. The third-order valence-electron chi connectivity index (χ3n) is 6.36. The van der Waals surface area contributed by atoms with Crippen molar-refractivity contribution < 1.29 is 9.53 Å². The normalized spacial score (nSPS) is 15.8. The first-order chi connectivity index (χ1) is 16.6. The first-order valence-corrected chi connectivity index (χ1v) is 11.3. The smallest absolute Gasteiger partial charge is 0.251 e. The standard InChI is InChI=1S/C26H26N6O2/c1-31-15-19(14-28-31)23-12-22-24(10-7-18(13-27)25(22)30-23)32-11-3-4-20(16-32)29-26(33)17-5-8-21(34-2)9-6-17/h5-10,12,14-15,20,30H,3-4,11,16H2,1-2H3,(H,29,33)/t20-/m1/s1. The molecule has 1 aliphatic heterocycles. The number of benzene rings is 2. The number of anilines is 1. The summed E-state index contributed by atoms with van der Waals surface area (Å²) in [7, 11) is 3.49. The Morgan fingerprint density at radius 1 is 1.26 bits per heavy atom. The molecule has 1 amide bonds. The summed E-state index contributed by atoms with van der Waals surface area (Å²) >= 11 is 0. The Kier molecular flexibility index (Phi) is 5.68. The maximum atomic E-state index is 12.8. The second-order valence-electron chi connectivity index (χ2n) is 8.61. The van der Waals surface area contributed by atoms with Crippen molar-refractivity contribution in [2.75, 3.05) is 25.1 Å². The van der Waals surface area contributed by atoms with E-state index in [4.69, 9.17) is 4.74 Å². The predicted molar refractivity (Wildman–Crippen MR) is 131 cm³/mol. The molecule has 1 fully saturated rings. The quantitative estimate of drug-likeness (QED) is 0.477. The fourth-order valence-electron chi connectivity index (χ4n) is 4.61. The fraction of sp³-hybridized carbons (Fsp3) is 0.269. The number of H-pyrrole nitrogens is 1. The highest BCUT2D eigenvalue weighted by atomic mass is 16.5. The van der Waals surface area contributed by atoms with E-state index in [1.165, 1.54) is 0 Å². The molecule has 172 valence electrons. The van der Waals surface area contributed by atoms with E-state index in [-0.39, 0.29) is 11.9 Å². The number of nitrogens with zero attached hydrogens (tertiary/aromatic N) is 4. The van der Waals surface area contributed by atoms with Gasteiger partial charge in [-0.3, -0.25) is 9.48 Å². The van der Waals surface area contributed by atoms with Crippen LogP contribution in [-0.2, 0) is 7.05 Å². The Hall–Kier alpha value is -4.25. The Labute approximate surface area is 197 Å². The highest BCUT2D eigenvalue weighted by Crippen LogP contribution is 2.34. The van der Waals surface area contributed by atoms with Crippen LogP contribution in [0.4, 0.5) is 5.69 Å². The number of hydrogen-bond donors (Lipinski definition) is 2. The van der Waals surface area contributed by atoms with Crippen LogP contribution < -0.4 is 15.0 Å². The van der Waals surface area contributed by atoms with Gasteiger partial charge in [0.1, 0.15) is 11.8 Å². The lowest BCUT2D eigenvalue weighted by atomic mass is 10.0. The molecule has 0 spiro atoms. The molecule has 0 radical (unpaired) electrons. The second-order valence-corrected chi connectivity index (χ2v) is 8.61. The summed E-state index contributed by atoms with van der Waals surface area (Å²) in [6.07, 6.45) is 5.64. The topological polar surface area (TPSA) is 99.0 Å². The van der Waals surface area contributed by atoms with Crippen LogP contribution >= 0.6 is 0 Å². The molecule has 8 nitrogen and oxygen atoms in total. The number of carbonyl (C=O) groups excluding carboxylic acids is 1. The number of methoxy groups -OCH3 is 1. The van der Waals surface area contributed by atoms with Gasteiger partial charge in [0, 0.05) is 60.3 Å². The Morgan fingerprint density at radius 2 is 2.09 bits per heavy atom. The number of hydrogen-bond acceptors (Lipinski definition) is 5. The zero-order valence-corrected chi connectivity index (χ0v) is 19.2. The van der Waals surface area contributed by atoms with Gasteiger partial charge in [0.25, 0.3) is 5.91 Å². The molecule has 5 rings (SSSR count). The Balaban J connectivity index is 1.40. The third-order valence-corrected chi connectivity index (χ3v) is 6.36. The molecule has 3 heterocycles. The first kappa shape index (κ1) is 21.6. The summed E-state index contributed by atoms with van der Waals surface area (Å²) < 4.78 is 6.94. The van der Waals surface area contributed by atoms with Gasteiger partial charge in [0.05, 0.1) is 24.4 Å². The van der Waals surface area contributed by atoms with Crippen molar-refractivity contribution in [1.29, 1.82) is 5.26 Å². The van der Waals surface area contributed by atoms with Crippen LogP contribution in [0.1, 0.15) is 28.8 Å². The van der Waals surface area contributed by atoms with Crippen molar-refractivity contribution in [2.45, 2.75) is 18.9 Å². The number of amides is 1. The highest BCUT2D eigenvalue weighted by Gasteiger charge is 2.24. The maximum Gasteiger partial charge on any atom is 0.251 e. The summed E-state index contributed by atoms with van der Waals surface area (Å²) in [5.41, 5.74) is 5.00. The van der Waals surface area contributed by atoms with Crippen molar-refractivity contribution in [2.24, 2.45) is 7.05 Å². The Morgan fingerprint density at radius 3 is 2.79 bits per heavy atom. The second kappa shape index (κ2) is 8.94. The molecule has 2 aromatic heterocycles. The van der Waals surface area contributed by atoms with E-state index in [1.807, 2.05) is 31.6 Å². The molecular formula is C26H26N6O2. The minimum Gasteiger partial charge on any atom is -0.497 e. The summed E-state index contributed by atoms with van der Waals surface area (Å²) in [4.78, 5) is 18.5. The van der Waals surface area contributed by atoms with Crippen LogP contribution in [0.25, 0.3) is 22.2 Å². The van der Waals surface area contributed by atoms with Gasteiger partial charge >= 0.3 is 0 Å². The monoisotopic (exact) mass is 454 g/mol. The molecule has 2 aromatic carbocycles.